The molecule has 1 aliphatic rings. The van der Waals surface area contributed by atoms with Crippen molar-refractivity contribution in [1.29, 1.82) is 0 Å². The van der Waals surface area contributed by atoms with Crippen molar-refractivity contribution in [2.45, 2.75) is 54.0 Å². The molecule has 1 unspecified atom stereocenters. The molecule has 118 valence electrons. The largest absolute Gasteiger partial charge is 0.494 e. The molecule has 0 bridgehead atoms. The van der Waals surface area contributed by atoms with E-state index in [4.69, 9.17) is 4.74 Å². The Bertz CT molecular complexity index is 447. The van der Waals surface area contributed by atoms with Crippen molar-refractivity contribution in [3.05, 3.63) is 29.8 Å². The lowest BCUT2D eigenvalue weighted by molar-refractivity contribution is 0.317. The molecule has 2 heteroatoms. The molecule has 0 heterocycles. The number of nitrogens with one attached hydrogen (secondary N) is 1. The fraction of sp³-hybridized carbons (Fsp3) is 0.684. The Balaban J connectivity index is 2.16. The predicted molar refractivity (Wildman–Crippen MR) is 89.7 cm³/mol. The van der Waals surface area contributed by atoms with Crippen LogP contribution >= 0.6 is 0 Å². The van der Waals surface area contributed by atoms with Gasteiger partial charge in [0.2, 0.25) is 0 Å². The Morgan fingerprint density at radius 2 is 1.62 bits per heavy atom. The summed E-state index contributed by atoms with van der Waals surface area (Å²) in [5.41, 5.74) is 2.15. The van der Waals surface area contributed by atoms with Gasteiger partial charge in [0, 0.05) is 6.04 Å². The van der Waals surface area contributed by atoms with E-state index in [-0.39, 0.29) is 0 Å². The summed E-state index contributed by atoms with van der Waals surface area (Å²) in [7, 11) is 0. The van der Waals surface area contributed by atoms with E-state index in [0.29, 0.717) is 22.8 Å². The molecule has 0 saturated heterocycles. The second kappa shape index (κ2) is 6.00. The molecular weight excluding hydrogens is 258 g/mol. The van der Waals surface area contributed by atoms with E-state index in [1.807, 2.05) is 0 Å². The summed E-state index contributed by atoms with van der Waals surface area (Å²) in [6.45, 7) is 15.7. The van der Waals surface area contributed by atoms with Crippen molar-refractivity contribution in [2.75, 3.05) is 13.2 Å². The minimum atomic E-state index is 0.386. The quantitative estimate of drug-likeness (QED) is 0.778. The Hall–Kier alpha value is -1.02. The standard InChI is InChI=1S/C19H31NO/c1-7-13-21-15-11-9-14(10-12-15)16(20-8-2)17-18(3,4)19(17,5)6/h9-12,16-17,20H,7-8,13H2,1-6H3. The Morgan fingerprint density at radius 1 is 1.05 bits per heavy atom. The number of rotatable bonds is 7. The average Bonchev–Trinajstić information content (AvgIpc) is 2.85. The zero-order chi connectivity index (χ0) is 15.7. The van der Waals surface area contributed by atoms with E-state index in [0.717, 1.165) is 25.3 Å². The summed E-state index contributed by atoms with van der Waals surface area (Å²) in [4.78, 5) is 0. The fourth-order valence-corrected chi connectivity index (χ4v) is 3.72. The Kier molecular flexibility index (Phi) is 4.67. The lowest BCUT2D eigenvalue weighted by Gasteiger charge is -2.21. The number of ether oxygens (including phenoxy) is 1. The van der Waals surface area contributed by atoms with E-state index in [9.17, 15) is 0 Å². The van der Waals surface area contributed by atoms with Crippen molar-refractivity contribution in [3.8, 4) is 5.75 Å². The summed E-state index contributed by atoms with van der Waals surface area (Å²) in [6.07, 6.45) is 1.05. The lowest BCUT2D eigenvalue weighted by atomic mass is 9.96. The second-order valence-electron chi connectivity index (χ2n) is 7.37. The molecule has 21 heavy (non-hydrogen) atoms. The van der Waals surface area contributed by atoms with Crippen molar-refractivity contribution in [2.24, 2.45) is 16.7 Å². The first-order valence-electron chi connectivity index (χ1n) is 8.32. The highest BCUT2D eigenvalue weighted by molar-refractivity contribution is 5.32. The average molecular weight is 289 g/mol. The smallest absolute Gasteiger partial charge is 0.119 e. The third-order valence-corrected chi connectivity index (χ3v) is 5.60. The van der Waals surface area contributed by atoms with Gasteiger partial charge in [0.05, 0.1) is 6.61 Å². The molecule has 2 rings (SSSR count). The first kappa shape index (κ1) is 16.4. The maximum absolute atomic E-state index is 5.69. The Labute approximate surface area is 130 Å². The van der Waals surface area contributed by atoms with Gasteiger partial charge < -0.3 is 10.1 Å². The third kappa shape index (κ3) is 2.96. The van der Waals surface area contributed by atoms with Crippen molar-refractivity contribution in [1.82, 2.24) is 5.32 Å². The minimum Gasteiger partial charge on any atom is -0.494 e. The highest BCUT2D eigenvalue weighted by Crippen LogP contribution is 2.72. The van der Waals surface area contributed by atoms with Gasteiger partial charge in [-0.2, -0.15) is 0 Å². The zero-order valence-electron chi connectivity index (χ0n) is 14.5. The van der Waals surface area contributed by atoms with E-state index >= 15 is 0 Å². The molecule has 0 radical (unpaired) electrons. The van der Waals surface area contributed by atoms with Crippen molar-refractivity contribution in [3.63, 3.8) is 0 Å². The summed E-state index contributed by atoms with van der Waals surface area (Å²) < 4.78 is 5.69. The van der Waals surface area contributed by atoms with E-state index in [1.165, 1.54) is 5.56 Å². The molecule has 1 aliphatic carbocycles. The molecule has 0 aliphatic heterocycles. The summed E-state index contributed by atoms with van der Waals surface area (Å²) >= 11 is 0. The van der Waals surface area contributed by atoms with Crippen LogP contribution in [0, 0.1) is 16.7 Å². The van der Waals surface area contributed by atoms with E-state index in [1.54, 1.807) is 0 Å². The molecule has 1 aromatic carbocycles. The van der Waals surface area contributed by atoms with Crippen LogP contribution in [0.1, 0.15) is 59.6 Å². The predicted octanol–water partition coefficient (Wildman–Crippen LogP) is 4.81. The first-order valence-corrected chi connectivity index (χ1v) is 8.32. The molecular formula is C19H31NO. The molecule has 0 amide bonds. The third-order valence-electron chi connectivity index (χ3n) is 5.60. The van der Waals surface area contributed by atoms with Gasteiger partial charge in [0.1, 0.15) is 5.75 Å². The summed E-state index contributed by atoms with van der Waals surface area (Å²) in [6, 6.07) is 9.10. The molecule has 1 fully saturated rings. The van der Waals surface area contributed by atoms with Crippen LogP contribution in [-0.4, -0.2) is 13.2 Å². The second-order valence-corrected chi connectivity index (χ2v) is 7.37. The van der Waals surface area contributed by atoms with Crippen LogP contribution in [0.2, 0.25) is 0 Å². The van der Waals surface area contributed by atoms with Gasteiger partial charge in [-0.3, -0.25) is 0 Å². The van der Waals surface area contributed by atoms with Gasteiger partial charge in [-0.05, 0) is 47.4 Å². The van der Waals surface area contributed by atoms with Crippen LogP contribution in [0.4, 0.5) is 0 Å². The van der Waals surface area contributed by atoms with Gasteiger partial charge in [-0.15, -0.1) is 0 Å². The SMILES string of the molecule is CCCOc1ccc(C(NCC)C2C(C)(C)C2(C)C)cc1. The van der Waals surface area contributed by atoms with Crippen molar-refractivity contribution < 1.29 is 4.74 Å². The van der Waals surface area contributed by atoms with Gasteiger partial charge in [-0.1, -0.05) is 53.7 Å². The highest BCUT2D eigenvalue weighted by Gasteiger charge is 2.67. The van der Waals surface area contributed by atoms with Crippen LogP contribution in [0.25, 0.3) is 0 Å². The van der Waals surface area contributed by atoms with Crippen LogP contribution in [0.5, 0.6) is 5.75 Å². The molecule has 1 N–H and O–H groups in total. The maximum Gasteiger partial charge on any atom is 0.119 e. The normalized spacial score (nSPS) is 21.0. The van der Waals surface area contributed by atoms with Crippen LogP contribution in [0.15, 0.2) is 24.3 Å². The molecule has 1 atom stereocenters. The van der Waals surface area contributed by atoms with Crippen LogP contribution in [0.3, 0.4) is 0 Å². The summed E-state index contributed by atoms with van der Waals surface area (Å²) in [5.74, 6) is 1.65. The van der Waals surface area contributed by atoms with Crippen LogP contribution in [-0.2, 0) is 0 Å². The highest BCUT2D eigenvalue weighted by atomic mass is 16.5. The van der Waals surface area contributed by atoms with Gasteiger partial charge in [-0.25, -0.2) is 0 Å². The van der Waals surface area contributed by atoms with E-state index in [2.05, 4.69) is 71.1 Å². The van der Waals surface area contributed by atoms with E-state index < -0.39 is 0 Å². The molecule has 0 spiro atoms. The monoisotopic (exact) mass is 289 g/mol. The Morgan fingerprint density at radius 3 is 2.05 bits per heavy atom. The van der Waals surface area contributed by atoms with Gasteiger partial charge in [0.15, 0.2) is 0 Å². The molecule has 1 aromatic rings. The van der Waals surface area contributed by atoms with Crippen molar-refractivity contribution >= 4 is 0 Å². The minimum absolute atomic E-state index is 0.386. The number of benzene rings is 1. The number of hydrogen-bond acceptors (Lipinski definition) is 2. The zero-order valence-corrected chi connectivity index (χ0v) is 14.5. The molecule has 2 nitrogen and oxygen atoms in total. The summed E-state index contributed by atoms with van der Waals surface area (Å²) in [5, 5.41) is 3.69. The van der Waals surface area contributed by atoms with Gasteiger partial charge in [0.25, 0.3) is 0 Å². The molecule has 0 aromatic heterocycles. The fourth-order valence-electron chi connectivity index (χ4n) is 3.72. The molecule has 1 saturated carbocycles. The van der Waals surface area contributed by atoms with Gasteiger partial charge >= 0.3 is 0 Å². The topological polar surface area (TPSA) is 21.3 Å². The first-order chi connectivity index (χ1) is 9.86. The maximum atomic E-state index is 5.69. The van der Waals surface area contributed by atoms with Crippen LogP contribution < -0.4 is 10.1 Å². The lowest BCUT2D eigenvalue weighted by Crippen LogP contribution is -2.25. The number of hydrogen-bond donors (Lipinski definition) is 1.